The van der Waals surface area contributed by atoms with Crippen LogP contribution in [0.4, 0.5) is 0 Å². The molecule has 0 spiro atoms. The molecular formula is C10H15N. The van der Waals surface area contributed by atoms with Gasteiger partial charge in [0, 0.05) is 5.92 Å². The Morgan fingerprint density at radius 3 is 2.82 bits per heavy atom. The van der Waals surface area contributed by atoms with Crippen molar-refractivity contribution in [3.63, 3.8) is 0 Å². The largest absolute Gasteiger partial charge is 0.198 e. The van der Waals surface area contributed by atoms with Gasteiger partial charge in [-0.1, -0.05) is 38.2 Å². The lowest BCUT2D eigenvalue weighted by Gasteiger charge is -2.01. The molecule has 0 saturated carbocycles. The highest BCUT2D eigenvalue weighted by atomic mass is 14.3. The van der Waals surface area contributed by atoms with Gasteiger partial charge in [-0.2, -0.15) is 5.26 Å². The lowest BCUT2D eigenvalue weighted by Crippen LogP contribution is -1.93. The third kappa shape index (κ3) is 5.42. The summed E-state index contributed by atoms with van der Waals surface area (Å²) in [7, 11) is 0. The predicted molar refractivity (Wildman–Crippen MR) is 48.0 cm³/mol. The first-order valence-corrected chi connectivity index (χ1v) is 4.02. The van der Waals surface area contributed by atoms with E-state index >= 15 is 0 Å². The van der Waals surface area contributed by atoms with Gasteiger partial charge in [-0.15, -0.1) is 0 Å². The maximum Gasteiger partial charge on any atom is 0.0659 e. The molecule has 0 N–H and O–H groups in total. The Labute approximate surface area is 69.0 Å². The summed E-state index contributed by atoms with van der Waals surface area (Å²) >= 11 is 0. The van der Waals surface area contributed by atoms with Crippen LogP contribution >= 0.6 is 0 Å². The molecule has 0 heterocycles. The van der Waals surface area contributed by atoms with Gasteiger partial charge in [0.25, 0.3) is 0 Å². The van der Waals surface area contributed by atoms with Crippen LogP contribution in [0.25, 0.3) is 0 Å². The van der Waals surface area contributed by atoms with Crippen LogP contribution < -0.4 is 0 Å². The van der Waals surface area contributed by atoms with E-state index in [1.165, 1.54) is 0 Å². The van der Waals surface area contributed by atoms with Crippen LogP contribution in [-0.4, -0.2) is 0 Å². The Hall–Kier alpha value is -1.03. The van der Waals surface area contributed by atoms with Crippen molar-refractivity contribution in [2.45, 2.75) is 26.2 Å². The lowest BCUT2D eigenvalue weighted by atomic mass is 10.0. The van der Waals surface area contributed by atoms with E-state index in [1.54, 1.807) is 6.08 Å². The Bertz CT molecular complexity index is 162. The number of nitrogens with zero attached hydrogens (tertiary/aromatic N) is 1. The number of nitriles is 1. The van der Waals surface area contributed by atoms with Gasteiger partial charge in [0.2, 0.25) is 0 Å². The fraction of sp³-hybridized carbons (Fsp3) is 0.500. The van der Waals surface area contributed by atoms with Crippen LogP contribution in [0.15, 0.2) is 24.8 Å². The predicted octanol–water partition coefficient (Wildman–Crippen LogP) is 3.06. The molecule has 0 radical (unpaired) electrons. The smallest absolute Gasteiger partial charge is 0.0659 e. The van der Waals surface area contributed by atoms with E-state index in [-0.39, 0.29) is 5.92 Å². The SMILES string of the molecule is C=CC=CCC(C#N)CCC. The van der Waals surface area contributed by atoms with Crippen molar-refractivity contribution in [3.8, 4) is 6.07 Å². The van der Waals surface area contributed by atoms with Gasteiger partial charge < -0.3 is 0 Å². The van der Waals surface area contributed by atoms with Crippen molar-refractivity contribution in [1.29, 1.82) is 5.26 Å². The highest BCUT2D eigenvalue weighted by Gasteiger charge is 2.01. The molecule has 1 nitrogen and oxygen atoms in total. The summed E-state index contributed by atoms with van der Waals surface area (Å²) in [6.07, 6.45) is 8.56. The van der Waals surface area contributed by atoms with Gasteiger partial charge in [-0.3, -0.25) is 0 Å². The third-order valence-corrected chi connectivity index (χ3v) is 1.51. The molecule has 0 aliphatic rings. The van der Waals surface area contributed by atoms with E-state index < -0.39 is 0 Å². The fourth-order valence-corrected chi connectivity index (χ4v) is 0.923. The molecular weight excluding hydrogens is 134 g/mol. The highest BCUT2D eigenvalue weighted by Crippen LogP contribution is 2.09. The van der Waals surface area contributed by atoms with Crippen LogP contribution in [-0.2, 0) is 0 Å². The minimum Gasteiger partial charge on any atom is -0.198 e. The maximum atomic E-state index is 8.65. The summed E-state index contributed by atoms with van der Waals surface area (Å²) in [5, 5.41) is 8.65. The molecule has 0 bridgehead atoms. The van der Waals surface area contributed by atoms with Gasteiger partial charge >= 0.3 is 0 Å². The average Bonchev–Trinajstić information content (AvgIpc) is 2.03. The summed E-state index contributed by atoms with van der Waals surface area (Å²) in [6.45, 7) is 5.66. The van der Waals surface area contributed by atoms with Crippen LogP contribution in [0.5, 0.6) is 0 Å². The molecule has 1 atom stereocenters. The molecule has 0 aliphatic heterocycles. The first-order valence-electron chi connectivity index (χ1n) is 4.02. The molecule has 60 valence electrons. The molecule has 0 aliphatic carbocycles. The molecule has 0 saturated heterocycles. The van der Waals surface area contributed by atoms with Gasteiger partial charge in [0.1, 0.15) is 0 Å². The average molecular weight is 149 g/mol. The number of allylic oxidation sites excluding steroid dienone is 3. The molecule has 0 aromatic carbocycles. The zero-order valence-corrected chi connectivity index (χ0v) is 7.09. The highest BCUT2D eigenvalue weighted by molar-refractivity contribution is 5.00. The van der Waals surface area contributed by atoms with E-state index in [4.69, 9.17) is 5.26 Å². The van der Waals surface area contributed by atoms with Crippen LogP contribution in [0, 0.1) is 17.2 Å². The normalized spacial score (nSPS) is 12.7. The summed E-state index contributed by atoms with van der Waals surface area (Å²) in [4.78, 5) is 0. The fourth-order valence-electron chi connectivity index (χ4n) is 0.923. The molecule has 0 amide bonds. The molecule has 11 heavy (non-hydrogen) atoms. The molecule has 0 aromatic heterocycles. The van der Waals surface area contributed by atoms with Gasteiger partial charge in [-0.05, 0) is 12.8 Å². The van der Waals surface area contributed by atoms with Gasteiger partial charge in [0.05, 0.1) is 6.07 Å². The summed E-state index contributed by atoms with van der Waals surface area (Å²) in [5.74, 6) is 0.191. The quantitative estimate of drug-likeness (QED) is 0.551. The summed E-state index contributed by atoms with van der Waals surface area (Å²) in [5.41, 5.74) is 0. The van der Waals surface area contributed by atoms with Crippen molar-refractivity contribution in [2.24, 2.45) is 5.92 Å². The van der Waals surface area contributed by atoms with Crippen molar-refractivity contribution >= 4 is 0 Å². The zero-order chi connectivity index (χ0) is 8.53. The number of hydrogen-bond acceptors (Lipinski definition) is 1. The van der Waals surface area contributed by atoms with Crippen LogP contribution in [0.3, 0.4) is 0 Å². The third-order valence-electron chi connectivity index (χ3n) is 1.51. The number of hydrogen-bond donors (Lipinski definition) is 0. The molecule has 0 aromatic rings. The van der Waals surface area contributed by atoms with Crippen molar-refractivity contribution in [3.05, 3.63) is 24.8 Å². The minimum absolute atomic E-state index is 0.191. The van der Waals surface area contributed by atoms with E-state index in [1.807, 2.05) is 12.2 Å². The van der Waals surface area contributed by atoms with E-state index in [9.17, 15) is 0 Å². The van der Waals surface area contributed by atoms with Gasteiger partial charge in [-0.25, -0.2) is 0 Å². The maximum absolute atomic E-state index is 8.65. The Morgan fingerprint density at radius 2 is 2.36 bits per heavy atom. The van der Waals surface area contributed by atoms with Crippen molar-refractivity contribution in [2.75, 3.05) is 0 Å². The Balaban J connectivity index is 3.61. The van der Waals surface area contributed by atoms with Gasteiger partial charge in [0.15, 0.2) is 0 Å². The molecule has 1 heteroatoms. The van der Waals surface area contributed by atoms with E-state index in [0.29, 0.717) is 0 Å². The second-order valence-electron chi connectivity index (χ2n) is 2.51. The molecule has 0 fully saturated rings. The van der Waals surface area contributed by atoms with Crippen LogP contribution in [0.1, 0.15) is 26.2 Å². The Morgan fingerprint density at radius 1 is 1.64 bits per heavy atom. The second kappa shape index (κ2) is 7.08. The Kier molecular flexibility index (Phi) is 6.42. The van der Waals surface area contributed by atoms with E-state index in [2.05, 4.69) is 19.6 Å². The molecule has 1 unspecified atom stereocenters. The van der Waals surface area contributed by atoms with E-state index in [0.717, 1.165) is 19.3 Å². The van der Waals surface area contributed by atoms with Crippen LogP contribution in [0.2, 0.25) is 0 Å². The van der Waals surface area contributed by atoms with Crippen molar-refractivity contribution < 1.29 is 0 Å². The molecule has 0 rings (SSSR count). The first kappa shape index (κ1) is 9.97. The lowest BCUT2D eigenvalue weighted by molar-refractivity contribution is 0.600. The number of rotatable bonds is 5. The second-order valence-corrected chi connectivity index (χ2v) is 2.51. The summed E-state index contributed by atoms with van der Waals surface area (Å²) < 4.78 is 0. The zero-order valence-electron chi connectivity index (χ0n) is 7.09. The summed E-state index contributed by atoms with van der Waals surface area (Å²) in [6, 6.07) is 2.28. The monoisotopic (exact) mass is 149 g/mol. The van der Waals surface area contributed by atoms with Crippen molar-refractivity contribution in [1.82, 2.24) is 0 Å². The topological polar surface area (TPSA) is 23.8 Å². The first-order chi connectivity index (χ1) is 5.35. The standard InChI is InChI=1S/C10H15N/c1-3-5-6-8-10(9-11)7-4-2/h3,5-6,10H,1,4,7-8H2,2H3. The minimum atomic E-state index is 0.191.